The number of hydrogen-bond donors (Lipinski definition) is 4. The fourth-order valence-electron chi connectivity index (χ4n) is 1.08. The quantitative estimate of drug-likeness (QED) is 0.514. The molecule has 0 saturated heterocycles. The van der Waals surface area contributed by atoms with Crippen LogP contribution in [0.4, 0.5) is 5.69 Å². The number of rotatable bonds is 3. The van der Waals surface area contributed by atoms with Crippen LogP contribution < -0.4 is 11.5 Å². The van der Waals surface area contributed by atoms with Crippen LogP contribution in [-0.2, 0) is 0 Å². The van der Waals surface area contributed by atoms with Crippen molar-refractivity contribution in [2.45, 2.75) is 19.1 Å². The summed E-state index contributed by atoms with van der Waals surface area (Å²) in [7, 11) is 0. The Morgan fingerprint density at radius 1 is 1.50 bits per heavy atom. The molecule has 5 nitrogen and oxygen atoms in total. The Labute approximate surface area is 82.4 Å². The van der Waals surface area contributed by atoms with Crippen molar-refractivity contribution in [3.05, 3.63) is 23.5 Å². The monoisotopic (exact) mass is 197 g/mol. The third kappa shape index (κ3) is 2.20. The van der Waals surface area contributed by atoms with E-state index in [2.05, 4.69) is 4.98 Å². The fourth-order valence-corrected chi connectivity index (χ4v) is 1.08. The Kier molecular flexibility index (Phi) is 3.40. The van der Waals surface area contributed by atoms with Gasteiger partial charge in [-0.05, 0) is 13.0 Å². The van der Waals surface area contributed by atoms with Gasteiger partial charge in [0.25, 0.3) is 0 Å². The van der Waals surface area contributed by atoms with Gasteiger partial charge in [-0.25, -0.2) is 0 Å². The van der Waals surface area contributed by atoms with Gasteiger partial charge in [0.1, 0.15) is 6.10 Å². The molecule has 1 aromatic rings. The van der Waals surface area contributed by atoms with Gasteiger partial charge in [-0.1, -0.05) is 0 Å². The Morgan fingerprint density at radius 3 is 2.64 bits per heavy atom. The number of aliphatic hydroxyl groups excluding tert-OH is 2. The minimum absolute atomic E-state index is 0.00501. The van der Waals surface area contributed by atoms with E-state index in [1.54, 1.807) is 13.0 Å². The topological polar surface area (TPSA) is 105 Å². The van der Waals surface area contributed by atoms with Gasteiger partial charge in [-0.3, -0.25) is 4.98 Å². The lowest BCUT2D eigenvalue weighted by molar-refractivity contribution is 0.0242. The molecule has 0 aromatic carbocycles. The molecule has 1 heterocycles. The molecule has 2 atom stereocenters. The number of anilines is 1. The number of aliphatic hydroxyl groups is 2. The van der Waals surface area contributed by atoms with Crippen molar-refractivity contribution in [3.63, 3.8) is 0 Å². The normalized spacial score (nSPS) is 15.1. The smallest absolute Gasteiger partial charge is 0.108 e. The second-order valence-electron chi connectivity index (χ2n) is 3.19. The van der Waals surface area contributed by atoms with Gasteiger partial charge in [-0.15, -0.1) is 0 Å². The number of aromatic nitrogens is 1. The molecule has 0 spiro atoms. The highest BCUT2D eigenvalue weighted by Crippen LogP contribution is 2.19. The zero-order chi connectivity index (χ0) is 10.7. The predicted octanol–water partition coefficient (Wildman–Crippen LogP) is -0.675. The van der Waals surface area contributed by atoms with Crippen molar-refractivity contribution in [1.82, 2.24) is 4.98 Å². The van der Waals surface area contributed by atoms with Crippen LogP contribution in [-0.4, -0.2) is 27.8 Å². The summed E-state index contributed by atoms with van der Waals surface area (Å²) in [5.41, 5.74) is 12.5. The maximum atomic E-state index is 9.58. The van der Waals surface area contributed by atoms with Crippen LogP contribution in [0.25, 0.3) is 0 Å². The van der Waals surface area contributed by atoms with E-state index in [0.717, 1.165) is 0 Å². The minimum atomic E-state index is -1.03. The number of nitrogens with zero attached hydrogens (tertiary/aromatic N) is 1. The van der Waals surface area contributed by atoms with Crippen molar-refractivity contribution in [3.8, 4) is 0 Å². The van der Waals surface area contributed by atoms with Gasteiger partial charge in [0.05, 0.1) is 17.5 Å². The molecule has 5 heteroatoms. The van der Waals surface area contributed by atoms with E-state index in [0.29, 0.717) is 16.9 Å². The molecule has 78 valence electrons. The van der Waals surface area contributed by atoms with Gasteiger partial charge >= 0.3 is 0 Å². The van der Waals surface area contributed by atoms with E-state index >= 15 is 0 Å². The van der Waals surface area contributed by atoms with E-state index < -0.39 is 12.2 Å². The van der Waals surface area contributed by atoms with Gasteiger partial charge in [0.15, 0.2) is 0 Å². The molecule has 0 amide bonds. The lowest BCUT2D eigenvalue weighted by atomic mass is 10.1. The Balaban J connectivity index is 2.91. The van der Waals surface area contributed by atoms with Crippen molar-refractivity contribution >= 4 is 5.69 Å². The summed E-state index contributed by atoms with van der Waals surface area (Å²) in [5.74, 6) is 0. The molecule has 2 unspecified atom stereocenters. The van der Waals surface area contributed by atoms with Crippen LogP contribution in [0.5, 0.6) is 0 Å². The molecule has 0 bridgehead atoms. The van der Waals surface area contributed by atoms with E-state index in [9.17, 15) is 10.2 Å². The van der Waals surface area contributed by atoms with Crippen LogP contribution in [0.3, 0.4) is 0 Å². The predicted molar refractivity (Wildman–Crippen MR) is 53.4 cm³/mol. The molecule has 1 aromatic heterocycles. The number of hydrogen-bond acceptors (Lipinski definition) is 5. The summed E-state index contributed by atoms with van der Waals surface area (Å²) in [6.07, 6.45) is -0.538. The second kappa shape index (κ2) is 4.36. The molecule has 0 aliphatic heterocycles. The van der Waals surface area contributed by atoms with Crippen molar-refractivity contribution in [2.24, 2.45) is 5.73 Å². The Hall–Kier alpha value is -1.17. The summed E-state index contributed by atoms with van der Waals surface area (Å²) in [5, 5.41) is 18.9. The third-order valence-electron chi connectivity index (χ3n) is 2.09. The zero-order valence-electron chi connectivity index (χ0n) is 8.01. The molecule has 0 aliphatic carbocycles. The van der Waals surface area contributed by atoms with E-state index in [1.807, 2.05) is 0 Å². The van der Waals surface area contributed by atoms with Crippen molar-refractivity contribution in [2.75, 3.05) is 12.3 Å². The summed E-state index contributed by atoms with van der Waals surface area (Å²) in [4.78, 5) is 3.98. The minimum Gasteiger partial charge on any atom is -0.397 e. The lowest BCUT2D eigenvalue weighted by Gasteiger charge is -2.16. The Bertz CT molecular complexity index is 317. The standard InChI is InChI=1S/C9H15N3O2/c1-5-7(11)2-6(4-12-5)9(14)8(13)3-10/h2,4,8-9,13-14H,3,10-11H2,1H3. The highest BCUT2D eigenvalue weighted by atomic mass is 16.3. The summed E-state index contributed by atoms with van der Waals surface area (Å²) in [6, 6.07) is 1.59. The molecule has 0 saturated carbocycles. The maximum absolute atomic E-state index is 9.58. The van der Waals surface area contributed by atoms with Crippen LogP contribution >= 0.6 is 0 Å². The number of nitrogens with two attached hydrogens (primary N) is 2. The lowest BCUT2D eigenvalue weighted by Crippen LogP contribution is -2.27. The first kappa shape index (κ1) is 10.9. The summed E-state index contributed by atoms with van der Waals surface area (Å²) < 4.78 is 0. The molecular formula is C9H15N3O2. The van der Waals surface area contributed by atoms with E-state index in [1.165, 1.54) is 6.20 Å². The zero-order valence-corrected chi connectivity index (χ0v) is 8.01. The number of aryl methyl sites for hydroxylation is 1. The third-order valence-corrected chi connectivity index (χ3v) is 2.09. The molecule has 0 aliphatic rings. The van der Waals surface area contributed by atoms with E-state index in [4.69, 9.17) is 11.5 Å². The Morgan fingerprint density at radius 2 is 2.14 bits per heavy atom. The first-order chi connectivity index (χ1) is 6.56. The molecule has 1 rings (SSSR count). The first-order valence-corrected chi connectivity index (χ1v) is 4.34. The van der Waals surface area contributed by atoms with Crippen LogP contribution in [0.2, 0.25) is 0 Å². The highest BCUT2D eigenvalue weighted by molar-refractivity contribution is 5.44. The highest BCUT2D eigenvalue weighted by Gasteiger charge is 2.17. The average molecular weight is 197 g/mol. The molecule has 14 heavy (non-hydrogen) atoms. The number of nitrogen functional groups attached to an aromatic ring is 1. The average Bonchev–Trinajstić information content (AvgIpc) is 2.20. The largest absolute Gasteiger partial charge is 0.397 e. The van der Waals surface area contributed by atoms with Gasteiger partial charge < -0.3 is 21.7 Å². The molecule has 0 radical (unpaired) electrons. The van der Waals surface area contributed by atoms with Crippen LogP contribution in [0.15, 0.2) is 12.3 Å². The van der Waals surface area contributed by atoms with Gasteiger partial charge in [0.2, 0.25) is 0 Å². The van der Waals surface area contributed by atoms with Gasteiger partial charge in [0, 0.05) is 18.3 Å². The van der Waals surface area contributed by atoms with E-state index in [-0.39, 0.29) is 6.54 Å². The number of pyridine rings is 1. The second-order valence-corrected chi connectivity index (χ2v) is 3.19. The molecular weight excluding hydrogens is 182 g/mol. The van der Waals surface area contributed by atoms with Crippen LogP contribution in [0.1, 0.15) is 17.4 Å². The van der Waals surface area contributed by atoms with Crippen molar-refractivity contribution in [1.29, 1.82) is 0 Å². The molecule has 6 N–H and O–H groups in total. The molecule has 0 fully saturated rings. The van der Waals surface area contributed by atoms with Crippen molar-refractivity contribution < 1.29 is 10.2 Å². The summed E-state index contributed by atoms with van der Waals surface area (Å²) in [6.45, 7) is 1.76. The van der Waals surface area contributed by atoms with Crippen LogP contribution in [0, 0.1) is 6.92 Å². The van der Waals surface area contributed by atoms with Gasteiger partial charge in [-0.2, -0.15) is 0 Å². The first-order valence-electron chi connectivity index (χ1n) is 4.34. The summed E-state index contributed by atoms with van der Waals surface area (Å²) >= 11 is 0. The maximum Gasteiger partial charge on any atom is 0.108 e. The fraction of sp³-hybridized carbons (Fsp3) is 0.444. The SMILES string of the molecule is Cc1ncc(C(O)C(O)CN)cc1N.